The lowest BCUT2D eigenvalue weighted by Gasteiger charge is -2.39. The molecule has 1 atom stereocenters. The van der Waals surface area contributed by atoms with Gasteiger partial charge in [-0.25, -0.2) is 0 Å². The molecule has 6 heteroatoms. The summed E-state index contributed by atoms with van der Waals surface area (Å²) in [6, 6.07) is 11.4. The molecule has 150 valence electrons. The molecule has 5 nitrogen and oxygen atoms in total. The SMILES string of the molecule is COc1ccc(Cl)cc1NC(=O)C(C)N1CCN(c2cccc(C)c2C)CC1. The number of ether oxygens (including phenoxy) is 1. The third-order valence-corrected chi connectivity index (χ3v) is 5.81. The predicted molar refractivity (Wildman–Crippen MR) is 116 cm³/mol. The highest BCUT2D eigenvalue weighted by Gasteiger charge is 2.26. The second kappa shape index (κ2) is 8.84. The topological polar surface area (TPSA) is 44.8 Å². The number of benzene rings is 2. The maximum atomic E-state index is 12.8. The van der Waals surface area contributed by atoms with Crippen LogP contribution in [0.3, 0.4) is 0 Å². The summed E-state index contributed by atoms with van der Waals surface area (Å²) in [5, 5.41) is 3.52. The van der Waals surface area contributed by atoms with Crippen LogP contribution in [0.5, 0.6) is 5.75 Å². The number of aryl methyl sites for hydroxylation is 1. The van der Waals surface area contributed by atoms with Gasteiger partial charge < -0.3 is 15.0 Å². The molecule has 1 N–H and O–H groups in total. The minimum atomic E-state index is -0.232. The molecular formula is C22H28ClN3O2. The number of piperazine rings is 1. The lowest BCUT2D eigenvalue weighted by Crippen LogP contribution is -2.53. The van der Waals surface area contributed by atoms with Gasteiger partial charge >= 0.3 is 0 Å². The van der Waals surface area contributed by atoms with Crippen LogP contribution in [-0.4, -0.2) is 50.1 Å². The predicted octanol–water partition coefficient (Wildman–Crippen LogP) is 4.11. The van der Waals surface area contributed by atoms with Gasteiger partial charge in [0.25, 0.3) is 0 Å². The summed E-state index contributed by atoms with van der Waals surface area (Å²) in [6.45, 7) is 9.76. The molecule has 1 fully saturated rings. The minimum absolute atomic E-state index is 0.0549. The number of amides is 1. The highest BCUT2D eigenvalue weighted by molar-refractivity contribution is 6.31. The van der Waals surface area contributed by atoms with E-state index in [0.29, 0.717) is 16.5 Å². The van der Waals surface area contributed by atoms with Crippen molar-refractivity contribution in [3.63, 3.8) is 0 Å². The number of carbonyl (C=O) groups excluding carboxylic acids is 1. The van der Waals surface area contributed by atoms with Crippen LogP contribution < -0.4 is 15.0 Å². The second-order valence-corrected chi connectivity index (χ2v) is 7.69. The van der Waals surface area contributed by atoms with E-state index in [-0.39, 0.29) is 11.9 Å². The zero-order valence-corrected chi connectivity index (χ0v) is 17.7. The molecule has 0 spiro atoms. The van der Waals surface area contributed by atoms with Gasteiger partial charge in [0.1, 0.15) is 5.75 Å². The van der Waals surface area contributed by atoms with Crippen LogP contribution in [0.4, 0.5) is 11.4 Å². The van der Waals surface area contributed by atoms with E-state index < -0.39 is 0 Å². The van der Waals surface area contributed by atoms with Crippen molar-refractivity contribution in [2.45, 2.75) is 26.8 Å². The number of carbonyl (C=O) groups is 1. The first-order chi connectivity index (χ1) is 13.4. The van der Waals surface area contributed by atoms with Crippen LogP contribution in [0.1, 0.15) is 18.1 Å². The largest absolute Gasteiger partial charge is 0.495 e. The molecule has 0 aromatic heterocycles. The van der Waals surface area contributed by atoms with Gasteiger partial charge in [-0.3, -0.25) is 9.69 Å². The van der Waals surface area contributed by atoms with Crippen molar-refractivity contribution in [3.05, 3.63) is 52.5 Å². The molecule has 1 amide bonds. The summed E-state index contributed by atoms with van der Waals surface area (Å²) < 4.78 is 5.32. The van der Waals surface area contributed by atoms with Gasteiger partial charge in [0.2, 0.25) is 5.91 Å². The van der Waals surface area contributed by atoms with Crippen molar-refractivity contribution in [2.24, 2.45) is 0 Å². The minimum Gasteiger partial charge on any atom is -0.495 e. The van der Waals surface area contributed by atoms with Crippen molar-refractivity contribution in [1.29, 1.82) is 0 Å². The van der Waals surface area contributed by atoms with Gasteiger partial charge in [0.05, 0.1) is 18.8 Å². The van der Waals surface area contributed by atoms with Crippen LogP contribution in [0.25, 0.3) is 0 Å². The average Bonchev–Trinajstić information content (AvgIpc) is 2.70. The van der Waals surface area contributed by atoms with E-state index in [0.717, 1.165) is 26.2 Å². The van der Waals surface area contributed by atoms with Crippen molar-refractivity contribution < 1.29 is 9.53 Å². The van der Waals surface area contributed by atoms with E-state index in [1.54, 1.807) is 25.3 Å². The number of anilines is 2. The van der Waals surface area contributed by atoms with E-state index in [1.807, 2.05) is 6.92 Å². The molecule has 1 aliphatic rings. The molecular weight excluding hydrogens is 374 g/mol. The Morgan fingerprint density at radius 2 is 1.86 bits per heavy atom. The van der Waals surface area contributed by atoms with Crippen LogP contribution >= 0.6 is 11.6 Å². The molecule has 2 aromatic carbocycles. The molecule has 1 heterocycles. The standard InChI is InChI=1S/C22H28ClN3O2/c1-15-6-5-7-20(16(15)2)26-12-10-25(11-13-26)17(3)22(27)24-19-14-18(23)8-9-21(19)28-4/h5-9,14,17H,10-13H2,1-4H3,(H,24,27). The molecule has 0 bridgehead atoms. The molecule has 3 rings (SSSR count). The number of methoxy groups -OCH3 is 1. The van der Waals surface area contributed by atoms with Gasteiger partial charge in [0.15, 0.2) is 0 Å². The highest BCUT2D eigenvalue weighted by Crippen LogP contribution is 2.28. The zero-order chi connectivity index (χ0) is 20.3. The first-order valence-corrected chi connectivity index (χ1v) is 9.98. The fourth-order valence-electron chi connectivity index (χ4n) is 3.61. The van der Waals surface area contributed by atoms with Crippen LogP contribution in [0.15, 0.2) is 36.4 Å². The molecule has 0 aliphatic carbocycles. The Hall–Kier alpha value is -2.24. The van der Waals surface area contributed by atoms with Gasteiger partial charge in [-0.05, 0) is 56.2 Å². The van der Waals surface area contributed by atoms with E-state index in [4.69, 9.17) is 16.3 Å². The van der Waals surface area contributed by atoms with Crippen LogP contribution in [0.2, 0.25) is 5.02 Å². The Kier molecular flexibility index (Phi) is 6.47. The average molecular weight is 402 g/mol. The Balaban J connectivity index is 1.62. The molecule has 1 aliphatic heterocycles. The van der Waals surface area contributed by atoms with E-state index in [9.17, 15) is 4.79 Å². The lowest BCUT2D eigenvalue weighted by molar-refractivity contribution is -0.120. The van der Waals surface area contributed by atoms with Crippen molar-refractivity contribution >= 4 is 28.9 Å². The maximum Gasteiger partial charge on any atom is 0.241 e. The monoisotopic (exact) mass is 401 g/mol. The summed E-state index contributed by atoms with van der Waals surface area (Å²) >= 11 is 6.06. The molecule has 0 saturated carbocycles. The third kappa shape index (κ3) is 4.42. The first-order valence-electron chi connectivity index (χ1n) is 9.60. The quantitative estimate of drug-likeness (QED) is 0.818. The number of hydrogen-bond donors (Lipinski definition) is 1. The molecule has 0 radical (unpaired) electrons. The van der Waals surface area contributed by atoms with Crippen molar-refractivity contribution in [3.8, 4) is 5.75 Å². The Morgan fingerprint density at radius 3 is 2.54 bits per heavy atom. The number of nitrogens with zero attached hydrogens (tertiary/aromatic N) is 2. The summed E-state index contributed by atoms with van der Waals surface area (Å²) in [7, 11) is 1.58. The van der Waals surface area contributed by atoms with Crippen LogP contribution in [0, 0.1) is 13.8 Å². The second-order valence-electron chi connectivity index (χ2n) is 7.25. The number of rotatable bonds is 5. The van der Waals surface area contributed by atoms with Crippen molar-refractivity contribution in [1.82, 2.24) is 4.90 Å². The first kappa shape index (κ1) is 20.5. The van der Waals surface area contributed by atoms with Crippen molar-refractivity contribution in [2.75, 3.05) is 43.5 Å². The lowest BCUT2D eigenvalue weighted by atomic mass is 10.1. The highest BCUT2D eigenvalue weighted by atomic mass is 35.5. The number of hydrogen-bond acceptors (Lipinski definition) is 4. The third-order valence-electron chi connectivity index (χ3n) is 5.58. The fourth-order valence-corrected chi connectivity index (χ4v) is 3.78. The van der Waals surface area contributed by atoms with E-state index >= 15 is 0 Å². The molecule has 28 heavy (non-hydrogen) atoms. The van der Waals surface area contributed by atoms with Gasteiger partial charge in [-0.2, -0.15) is 0 Å². The Labute approximate surface area is 172 Å². The van der Waals surface area contributed by atoms with Gasteiger partial charge in [-0.15, -0.1) is 0 Å². The number of nitrogens with one attached hydrogen (secondary N) is 1. The summed E-state index contributed by atoms with van der Waals surface area (Å²) in [5.74, 6) is 0.547. The molecule has 2 aromatic rings. The zero-order valence-electron chi connectivity index (χ0n) is 17.0. The summed E-state index contributed by atoms with van der Waals surface area (Å²) in [5.41, 5.74) is 4.53. The molecule has 1 saturated heterocycles. The summed E-state index contributed by atoms with van der Waals surface area (Å²) in [6.07, 6.45) is 0. The normalized spacial score (nSPS) is 16.0. The number of halogens is 1. The fraction of sp³-hybridized carbons (Fsp3) is 0.409. The van der Waals surface area contributed by atoms with Gasteiger partial charge in [-0.1, -0.05) is 23.7 Å². The smallest absolute Gasteiger partial charge is 0.241 e. The maximum absolute atomic E-state index is 12.8. The van der Waals surface area contributed by atoms with E-state index in [2.05, 4.69) is 47.2 Å². The van der Waals surface area contributed by atoms with E-state index in [1.165, 1.54) is 16.8 Å². The van der Waals surface area contributed by atoms with Crippen LogP contribution in [-0.2, 0) is 4.79 Å². The molecule has 1 unspecified atom stereocenters. The Bertz CT molecular complexity index is 848. The Morgan fingerprint density at radius 1 is 1.14 bits per heavy atom. The van der Waals surface area contributed by atoms with Gasteiger partial charge in [0, 0.05) is 36.9 Å². The summed E-state index contributed by atoms with van der Waals surface area (Å²) in [4.78, 5) is 17.4.